The van der Waals surface area contributed by atoms with Gasteiger partial charge in [0.05, 0.1) is 4.92 Å². The average Bonchev–Trinajstić information content (AvgIpc) is 2.15. The number of halogens is 3. The highest BCUT2D eigenvalue weighted by Gasteiger charge is 2.38. The lowest BCUT2D eigenvalue weighted by Crippen LogP contribution is -2.10. The Balaban J connectivity index is 3.55. The van der Waals surface area contributed by atoms with Crippen molar-refractivity contribution in [3.8, 4) is 0 Å². The van der Waals surface area contributed by atoms with Crippen LogP contribution in [0.5, 0.6) is 0 Å². The number of hydrogen-bond donors (Lipinski definition) is 1. The minimum Gasteiger partial charge on any atom is -0.398 e. The molecule has 0 spiro atoms. The van der Waals surface area contributed by atoms with E-state index < -0.39 is 28.0 Å². The number of alkyl halides is 3. The fraction of sp³-hybridized carbons (Fsp3) is 0.125. The second kappa shape index (κ2) is 3.80. The lowest BCUT2D eigenvalue weighted by Gasteiger charge is -2.09. The van der Waals surface area contributed by atoms with Gasteiger partial charge in [0.1, 0.15) is 5.56 Å². The molecule has 0 bridgehead atoms. The van der Waals surface area contributed by atoms with Crippen molar-refractivity contribution in [2.75, 3.05) is 5.73 Å². The second-order valence-electron chi connectivity index (χ2n) is 2.87. The first-order chi connectivity index (χ1) is 7.27. The Morgan fingerprint density at radius 1 is 1.38 bits per heavy atom. The van der Waals surface area contributed by atoms with Gasteiger partial charge in [-0.25, -0.2) is 0 Å². The molecule has 0 amide bonds. The molecule has 1 aromatic rings. The number of aldehydes is 1. The van der Waals surface area contributed by atoms with Crippen molar-refractivity contribution in [2.24, 2.45) is 0 Å². The summed E-state index contributed by atoms with van der Waals surface area (Å²) >= 11 is 0. The predicted octanol–water partition coefficient (Wildman–Crippen LogP) is 2.01. The van der Waals surface area contributed by atoms with Gasteiger partial charge in [-0.1, -0.05) is 0 Å². The Morgan fingerprint density at radius 3 is 2.31 bits per heavy atom. The van der Waals surface area contributed by atoms with Crippen molar-refractivity contribution in [1.82, 2.24) is 0 Å². The first kappa shape index (κ1) is 12.0. The SMILES string of the molecule is Nc1cc(C(F)(F)F)c([N+](=O)[O-])cc1C=O. The number of nitrogens with two attached hydrogens (primary N) is 1. The maximum atomic E-state index is 12.4. The van der Waals surface area contributed by atoms with Crippen molar-refractivity contribution in [2.45, 2.75) is 6.18 Å². The minimum absolute atomic E-state index is 0.155. The zero-order valence-corrected chi connectivity index (χ0v) is 7.62. The summed E-state index contributed by atoms with van der Waals surface area (Å²) in [5.41, 5.74) is 1.68. The molecule has 0 saturated carbocycles. The Kier molecular flexibility index (Phi) is 2.84. The number of nitrogens with zero attached hydrogens (tertiary/aromatic N) is 1. The molecule has 16 heavy (non-hydrogen) atoms. The third-order valence-electron chi connectivity index (χ3n) is 1.83. The number of nitro groups is 1. The molecule has 0 aliphatic heterocycles. The lowest BCUT2D eigenvalue weighted by atomic mass is 10.1. The van der Waals surface area contributed by atoms with Gasteiger partial charge in [-0.2, -0.15) is 13.2 Å². The molecule has 0 fully saturated rings. The van der Waals surface area contributed by atoms with Gasteiger partial charge in [0.15, 0.2) is 6.29 Å². The fourth-order valence-electron chi connectivity index (χ4n) is 1.10. The molecular weight excluding hydrogens is 229 g/mol. The maximum Gasteiger partial charge on any atom is 0.423 e. The van der Waals surface area contributed by atoms with E-state index in [1.807, 2.05) is 0 Å². The second-order valence-corrected chi connectivity index (χ2v) is 2.87. The van der Waals surface area contributed by atoms with Crippen LogP contribution in [-0.4, -0.2) is 11.2 Å². The largest absolute Gasteiger partial charge is 0.423 e. The number of nitro benzene ring substituents is 1. The third kappa shape index (κ3) is 2.10. The van der Waals surface area contributed by atoms with Gasteiger partial charge in [-0.3, -0.25) is 14.9 Å². The molecule has 86 valence electrons. The highest BCUT2D eigenvalue weighted by atomic mass is 19.4. The van der Waals surface area contributed by atoms with Crippen LogP contribution in [0.1, 0.15) is 15.9 Å². The Bertz CT molecular complexity index is 457. The van der Waals surface area contributed by atoms with Gasteiger partial charge in [0, 0.05) is 17.3 Å². The zero-order chi connectivity index (χ0) is 12.5. The number of hydrogen-bond acceptors (Lipinski definition) is 4. The molecule has 0 aromatic heterocycles. The van der Waals surface area contributed by atoms with Gasteiger partial charge < -0.3 is 5.73 Å². The molecule has 0 radical (unpaired) electrons. The quantitative estimate of drug-likeness (QED) is 0.367. The van der Waals surface area contributed by atoms with Gasteiger partial charge in [0.25, 0.3) is 5.69 Å². The van der Waals surface area contributed by atoms with Crippen LogP contribution in [0, 0.1) is 10.1 Å². The number of anilines is 1. The monoisotopic (exact) mass is 234 g/mol. The van der Waals surface area contributed by atoms with E-state index in [0.29, 0.717) is 12.1 Å². The molecule has 0 aliphatic rings. The van der Waals surface area contributed by atoms with E-state index in [1.165, 1.54) is 0 Å². The summed E-state index contributed by atoms with van der Waals surface area (Å²) in [6.45, 7) is 0. The van der Waals surface area contributed by atoms with Crippen LogP contribution >= 0.6 is 0 Å². The van der Waals surface area contributed by atoms with E-state index in [9.17, 15) is 28.1 Å². The van der Waals surface area contributed by atoms with Crippen LogP contribution in [0.4, 0.5) is 24.5 Å². The summed E-state index contributed by atoms with van der Waals surface area (Å²) in [5.74, 6) is 0. The van der Waals surface area contributed by atoms with Gasteiger partial charge in [-0.15, -0.1) is 0 Å². The number of rotatable bonds is 2. The number of benzene rings is 1. The molecule has 5 nitrogen and oxygen atoms in total. The topological polar surface area (TPSA) is 86.2 Å². The normalized spacial score (nSPS) is 11.2. The van der Waals surface area contributed by atoms with Crippen LogP contribution in [0.2, 0.25) is 0 Å². The van der Waals surface area contributed by atoms with Crippen molar-refractivity contribution in [3.63, 3.8) is 0 Å². The lowest BCUT2D eigenvalue weighted by molar-refractivity contribution is -0.388. The smallest absolute Gasteiger partial charge is 0.398 e. The summed E-state index contributed by atoms with van der Waals surface area (Å²) in [6.07, 6.45) is -4.74. The maximum absolute atomic E-state index is 12.4. The molecule has 0 aliphatic carbocycles. The summed E-state index contributed by atoms with van der Waals surface area (Å²) in [5, 5.41) is 10.4. The van der Waals surface area contributed by atoms with Gasteiger partial charge >= 0.3 is 6.18 Å². The van der Waals surface area contributed by atoms with E-state index in [1.54, 1.807) is 0 Å². The summed E-state index contributed by atoms with van der Waals surface area (Å²) in [7, 11) is 0. The van der Waals surface area contributed by atoms with E-state index in [0.717, 1.165) is 0 Å². The third-order valence-corrected chi connectivity index (χ3v) is 1.83. The van der Waals surface area contributed by atoms with Crippen LogP contribution in [0.15, 0.2) is 12.1 Å². The number of carbonyl (C=O) groups excluding carboxylic acids is 1. The zero-order valence-electron chi connectivity index (χ0n) is 7.62. The number of nitrogen functional groups attached to an aromatic ring is 1. The van der Waals surface area contributed by atoms with Crippen molar-refractivity contribution in [3.05, 3.63) is 33.4 Å². The summed E-state index contributed by atoms with van der Waals surface area (Å²) in [6, 6.07) is 0.882. The molecule has 8 heteroatoms. The van der Waals surface area contributed by atoms with E-state index >= 15 is 0 Å². The van der Waals surface area contributed by atoms with Gasteiger partial charge in [0.2, 0.25) is 0 Å². The van der Waals surface area contributed by atoms with E-state index in [2.05, 4.69) is 0 Å². The molecule has 0 heterocycles. The highest BCUT2D eigenvalue weighted by Crippen LogP contribution is 2.38. The molecule has 0 atom stereocenters. The van der Waals surface area contributed by atoms with Crippen LogP contribution in [0.3, 0.4) is 0 Å². The van der Waals surface area contributed by atoms with E-state index in [-0.39, 0.29) is 11.8 Å². The molecule has 1 rings (SSSR count). The molecular formula is C8H5F3N2O3. The summed E-state index contributed by atoms with van der Waals surface area (Å²) in [4.78, 5) is 19.6. The first-order valence-electron chi connectivity index (χ1n) is 3.87. The van der Waals surface area contributed by atoms with Crippen LogP contribution < -0.4 is 5.73 Å². The minimum atomic E-state index is -4.89. The van der Waals surface area contributed by atoms with E-state index in [4.69, 9.17) is 5.73 Å². The van der Waals surface area contributed by atoms with Crippen LogP contribution in [0.25, 0.3) is 0 Å². The fourth-order valence-corrected chi connectivity index (χ4v) is 1.10. The Labute approximate surface area is 86.8 Å². The molecule has 1 aromatic carbocycles. The average molecular weight is 234 g/mol. The molecule has 2 N–H and O–H groups in total. The standard InChI is InChI=1S/C8H5F3N2O3/c9-8(10,11)5-2-6(12)4(3-14)1-7(5)13(15)16/h1-3H,12H2. The first-order valence-corrected chi connectivity index (χ1v) is 3.87. The van der Waals surface area contributed by atoms with Gasteiger partial charge in [-0.05, 0) is 6.07 Å². The Morgan fingerprint density at radius 2 is 1.94 bits per heavy atom. The molecule has 0 saturated heterocycles. The van der Waals surface area contributed by atoms with Crippen molar-refractivity contribution >= 4 is 17.7 Å². The van der Waals surface area contributed by atoms with Crippen LogP contribution in [-0.2, 0) is 6.18 Å². The Hall–Kier alpha value is -2.12. The van der Waals surface area contributed by atoms with Crippen molar-refractivity contribution in [1.29, 1.82) is 0 Å². The number of carbonyl (C=O) groups is 1. The van der Waals surface area contributed by atoms with Crippen molar-refractivity contribution < 1.29 is 22.9 Å². The highest BCUT2D eigenvalue weighted by molar-refractivity contribution is 5.85. The molecule has 0 unspecified atom stereocenters. The predicted molar refractivity (Wildman–Crippen MR) is 47.9 cm³/mol. The summed E-state index contributed by atoms with van der Waals surface area (Å²) < 4.78 is 37.1.